The van der Waals surface area contributed by atoms with Crippen molar-refractivity contribution in [1.82, 2.24) is 4.90 Å². The maximum Gasteiger partial charge on any atom is 0.0251 e. The van der Waals surface area contributed by atoms with Crippen molar-refractivity contribution in [2.45, 2.75) is 18.4 Å². The lowest BCUT2D eigenvalue weighted by atomic mass is 9.90. The second-order valence-corrected chi connectivity index (χ2v) is 5.32. The van der Waals surface area contributed by atoms with Crippen LogP contribution in [0.1, 0.15) is 22.6 Å². The molecular weight excluding hydrogens is 218 g/mol. The number of benzene rings is 2. The third kappa shape index (κ3) is 1.85. The normalized spacial score (nSPS) is 22.2. The molecule has 0 heterocycles. The number of rotatable bonds is 2. The van der Waals surface area contributed by atoms with E-state index in [1.165, 1.54) is 16.7 Å². The fraction of sp³-hybridized carbons (Fsp3) is 0.294. The minimum Gasteiger partial charge on any atom is -0.305 e. The van der Waals surface area contributed by atoms with Gasteiger partial charge in [-0.25, -0.2) is 0 Å². The standard InChI is InChI=1S/C17H19N/c1-18(2)16-12-14-10-6-7-11-15(14)17(16)13-8-4-3-5-9-13/h3-11,16-17H,12H2,1-2H3. The second kappa shape index (κ2) is 4.58. The Labute approximate surface area is 109 Å². The Hall–Kier alpha value is -1.60. The van der Waals surface area contributed by atoms with Crippen LogP contribution in [0.15, 0.2) is 54.6 Å². The highest BCUT2D eigenvalue weighted by atomic mass is 15.1. The molecule has 18 heavy (non-hydrogen) atoms. The van der Waals surface area contributed by atoms with Gasteiger partial charge in [0.1, 0.15) is 0 Å². The summed E-state index contributed by atoms with van der Waals surface area (Å²) in [6, 6.07) is 20.3. The van der Waals surface area contributed by atoms with E-state index in [1.807, 2.05) is 0 Å². The first-order valence-corrected chi connectivity index (χ1v) is 6.56. The minimum atomic E-state index is 0.511. The summed E-state index contributed by atoms with van der Waals surface area (Å²) in [7, 11) is 4.37. The predicted octanol–water partition coefficient (Wildman–Crippen LogP) is 3.30. The Kier molecular flexibility index (Phi) is 2.92. The van der Waals surface area contributed by atoms with Crippen LogP contribution in [-0.2, 0) is 6.42 Å². The molecule has 2 aromatic carbocycles. The molecule has 0 bridgehead atoms. The summed E-state index contributed by atoms with van der Waals surface area (Å²) in [5.41, 5.74) is 4.44. The Morgan fingerprint density at radius 2 is 1.56 bits per heavy atom. The molecule has 2 unspecified atom stereocenters. The Morgan fingerprint density at radius 1 is 0.889 bits per heavy atom. The van der Waals surface area contributed by atoms with Crippen LogP contribution < -0.4 is 0 Å². The Morgan fingerprint density at radius 3 is 2.28 bits per heavy atom. The number of hydrogen-bond acceptors (Lipinski definition) is 1. The lowest BCUT2D eigenvalue weighted by Gasteiger charge is -2.27. The van der Waals surface area contributed by atoms with E-state index in [9.17, 15) is 0 Å². The van der Waals surface area contributed by atoms with Gasteiger partial charge < -0.3 is 4.90 Å². The van der Waals surface area contributed by atoms with Gasteiger partial charge in [-0.05, 0) is 37.2 Å². The van der Waals surface area contributed by atoms with Gasteiger partial charge in [0.05, 0.1) is 0 Å². The van der Waals surface area contributed by atoms with Crippen molar-refractivity contribution >= 4 is 0 Å². The zero-order valence-corrected chi connectivity index (χ0v) is 11.0. The van der Waals surface area contributed by atoms with Gasteiger partial charge in [-0.15, -0.1) is 0 Å². The van der Waals surface area contributed by atoms with Gasteiger partial charge in [-0.2, -0.15) is 0 Å². The van der Waals surface area contributed by atoms with E-state index in [1.54, 1.807) is 0 Å². The van der Waals surface area contributed by atoms with Crippen LogP contribution in [0.25, 0.3) is 0 Å². The molecule has 0 amide bonds. The maximum atomic E-state index is 2.36. The van der Waals surface area contributed by atoms with E-state index in [0.717, 1.165) is 6.42 Å². The molecule has 0 saturated heterocycles. The van der Waals surface area contributed by atoms with E-state index in [2.05, 4.69) is 73.6 Å². The van der Waals surface area contributed by atoms with Crippen LogP contribution in [0.3, 0.4) is 0 Å². The monoisotopic (exact) mass is 237 g/mol. The van der Waals surface area contributed by atoms with Gasteiger partial charge in [0, 0.05) is 12.0 Å². The molecule has 1 nitrogen and oxygen atoms in total. The van der Waals surface area contributed by atoms with Gasteiger partial charge in [-0.3, -0.25) is 0 Å². The van der Waals surface area contributed by atoms with E-state index >= 15 is 0 Å². The molecule has 2 atom stereocenters. The van der Waals surface area contributed by atoms with Crippen LogP contribution in [0.4, 0.5) is 0 Å². The molecule has 92 valence electrons. The lowest BCUT2D eigenvalue weighted by Crippen LogP contribution is -2.32. The summed E-state index contributed by atoms with van der Waals surface area (Å²) in [6.45, 7) is 0. The summed E-state index contributed by atoms with van der Waals surface area (Å²) in [4.78, 5) is 2.36. The quantitative estimate of drug-likeness (QED) is 0.774. The van der Waals surface area contributed by atoms with Gasteiger partial charge in [0.25, 0.3) is 0 Å². The maximum absolute atomic E-state index is 2.36. The first-order valence-electron chi connectivity index (χ1n) is 6.56. The van der Waals surface area contributed by atoms with Crippen LogP contribution in [0.5, 0.6) is 0 Å². The summed E-state index contributed by atoms with van der Waals surface area (Å²) in [5, 5.41) is 0. The summed E-state index contributed by atoms with van der Waals surface area (Å²) in [6.07, 6.45) is 1.16. The van der Waals surface area contributed by atoms with Gasteiger partial charge in [-0.1, -0.05) is 54.6 Å². The summed E-state index contributed by atoms with van der Waals surface area (Å²) in [5.74, 6) is 0.511. The molecule has 1 heteroatoms. The number of likely N-dealkylation sites (N-methyl/N-ethyl adjacent to an activating group) is 1. The van der Waals surface area contributed by atoms with Crippen molar-refractivity contribution < 1.29 is 0 Å². The summed E-state index contributed by atoms with van der Waals surface area (Å²) < 4.78 is 0. The molecule has 0 fully saturated rings. The molecule has 0 aliphatic heterocycles. The molecule has 0 radical (unpaired) electrons. The van der Waals surface area contributed by atoms with E-state index < -0.39 is 0 Å². The molecule has 0 spiro atoms. The first kappa shape index (κ1) is 11.5. The van der Waals surface area contributed by atoms with Gasteiger partial charge >= 0.3 is 0 Å². The highest BCUT2D eigenvalue weighted by molar-refractivity contribution is 5.44. The predicted molar refractivity (Wildman–Crippen MR) is 75.9 cm³/mol. The van der Waals surface area contributed by atoms with Crippen molar-refractivity contribution in [3.05, 3.63) is 71.3 Å². The fourth-order valence-electron chi connectivity index (χ4n) is 3.12. The third-order valence-electron chi connectivity index (χ3n) is 4.03. The second-order valence-electron chi connectivity index (χ2n) is 5.32. The molecule has 1 aliphatic carbocycles. The fourth-order valence-corrected chi connectivity index (χ4v) is 3.12. The highest BCUT2D eigenvalue weighted by Gasteiger charge is 2.34. The minimum absolute atomic E-state index is 0.511. The zero-order chi connectivity index (χ0) is 12.5. The number of nitrogens with zero attached hydrogens (tertiary/aromatic N) is 1. The average Bonchev–Trinajstić information content (AvgIpc) is 2.79. The molecule has 2 aromatic rings. The third-order valence-corrected chi connectivity index (χ3v) is 4.03. The molecule has 0 saturated carbocycles. The molecule has 1 aliphatic rings. The van der Waals surface area contributed by atoms with Crippen LogP contribution in [-0.4, -0.2) is 25.0 Å². The van der Waals surface area contributed by atoms with Crippen LogP contribution >= 0.6 is 0 Å². The summed E-state index contributed by atoms with van der Waals surface area (Å²) >= 11 is 0. The largest absolute Gasteiger partial charge is 0.305 e. The van der Waals surface area contributed by atoms with Crippen molar-refractivity contribution in [1.29, 1.82) is 0 Å². The molecule has 3 rings (SSSR count). The Bertz CT molecular complexity index is 530. The van der Waals surface area contributed by atoms with Crippen LogP contribution in [0, 0.1) is 0 Å². The van der Waals surface area contributed by atoms with Crippen molar-refractivity contribution in [3.63, 3.8) is 0 Å². The van der Waals surface area contributed by atoms with Gasteiger partial charge in [0.2, 0.25) is 0 Å². The zero-order valence-electron chi connectivity index (χ0n) is 11.0. The van der Waals surface area contributed by atoms with E-state index in [4.69, 9.17) is 0 Å². The Balaban J connectivity index is 2.09. The average molecular weight is 237 g/mol. The topological polar surface area (TPSA) is 3.24 Å². The van der Waals surface area contributed by atoms with Crippen LogP contribution in [0.2, 0.25) is 0 Å². The first-order chi connectivity index (χ1) is 8.77. The van der Waals surface area contributed by atoms with E-state index in [-0.39, 0.29) is 0 Å². The SMILES string of the molecule is CN(C)C1Cc2ccccc2C1c1ccccc1. The molecule has 0 aromatic heterocycles. The van der Waals surface area contributed by atoms with Crippen molar-refractivity contribution in [2.24, 2.45) is 0 Å². The number of hydrogen-bond donors (Lipinski definition) is 0. The molecular formula is C17H19N. The van der Waals surface area contributed by atoms with Crippen molar-refractivity contribution in [3.8, 4) is 0 Å². The highest BCUT2D eigenvalue weighted by Crippen LogP contribution is 2.39. The lowest BCUT2D eigenvalue weighted by molar-refractivity contribution is 0.283. The smallest absolute Gasteiger partial charge is 0.0251 e. The van der Waals surface area contributed by atoms with Crippen molar-refractivity contribution in [2.75, 3.05) is 14.1 Å². The van der Waals surface area contributed by atoms with E-state index in [0.29, 0.717) is 12.0 Å². The number of fused-ring (bicyclic) bond motifs is 1. The molecule has 0 N–H and O–H groups in total. The van der Waals surface area contributed by atoms with Gasteiger partial charge in [0.15, 0.2) is 0 Å².